The lowest BCUT2D eigenvalue weighted by Gasteiger charge is -2.23. The van der Waals surface area contributed by atoms with Crippen LogP contribution in [0.15, 0.2) is 0 Å². The van der Waals surface area contributed by atoms with Crippen molar-refractivity contribution in [1.82, 2.24) is 0 Å². The van der Waals surface area contributed by atoms with Crippen molar-refractivity contribution in [1.29, 1.82) is 0 Å². The molecule has 0 unspecified atom stereocenters. The fraction of sp³-hybridized carbons (Fsp3) is 1.00. The monoisotopic (exact) mass is 108 g/mol. The minimum atomic E-state index is -0.978. The number of rotatable bonds is 2. The van der Waals surface area contributed by atoms with E-state index in [1.807, 2.05) is 13.8 Å². The number of hydrogen-bond donors (Lipinski definition) is 0. The second-order valence-electron chi connectivity index (χ2n) is 2.35. The van der Waals surface area contributed by atoms with Crippen molar-refractivity contribution in [2.45, 2.75) is 32.3 Å². The van der Waals surface area contributed by atoms with Gasteiger partial charge in [0.25, 0.3) is 0 Å². The molecular formula is C5H10B2O. The van der Waals surface area contributed by atoms with E-state index in [-0.39, 0.29) is 6.10 Å². The highest BCUT2D eigenvalue weighted by Gasteiger charge is 2.10. The van der Waals surface area contributed by atoms with Crippen molar-refractivity contribution >= 4 is 15.7 Å². The van der Waals surface area contributed by atoms with Crippen molar-refractivity contribution in [3.8, 4) is 0 Å². The van der Waals surface area contributed by atoms with Crippen LogP contribution in [0.25, 0.3) is 0 Å². The van der Waals surface area contributed by atoms with E-state index < -0.39 is 5.40 Å². The predicted molar refractivity (Wildman–Crippen MR) is 36.1 cm³/mol. The summed E-state index contributed by atoms with van der Waals surface area (Å²) in [4.78, 5) is 0. The molecule has 4 radical (unpaired) electrons. The van der Waals surface area contributed by atoms with Crippen LogP contribution in [0, 0.1) is 0 Å². The van der Waals surface area contributed by atoms with Crippen LogP contribution in [0.4, 0.5) is 0 Å². The quantitative estimate of drug-likeness (QED) is 0.465. The van der Waals surface area contributed by atoms with Gasteiger partial charge in [0, 0.05) is 0 Å². The number of hydrogen-bond acceptors (Lipinski definition) is 1. The van der Waals surface area contributed by atoms with Gasteiger partial charge in [-0.2, -0.15) is 0 Å². The van der Waals surface area contributed by atoms with Crippen molar-refractivity contribution in [3.05, 3.63) is 0 Å². The maximum absolute atomic E-state index is 5.29. The Kier molecular flexibility index (Phi) is 2.61. The molecule has 0 aliphatic carbocycles. The molecule has 0 heterocycles. The summed E-state index contributed by atoms with van der Waals surface area (Å²) in [5.41, 5.74) is 0. The highest BCUT2D eigenvalue weighted by atomic mass is 16.5. The van der Waals surface area contributed by atoms with Gasteiger partial charge in [0.1, 0.15) is 0 Å². The maximum atomic E-state index is 5.29. The van der Waals surface area contributed by atoms with Crippen molar-refractivity contribution in [2.24, 2.45) is 0 Å². The van der Waals surface area contributed by atoms with Crippen LogP contribution < -0.4 is 0 Å². The van der Waals surface area contributed by atoms with Gasteiger partial charge in [0.15, 0.2) is 0 Å². The fourth-order valence-corrected chi connectivity index (χ4v) is 0.508. The molecule has 0 atom stereocenters. The molecule has 0 spiro atoms. The lowest BCUT2D eigenvalue weighted by atomic mass is 9.67. The third-order valence-electron chi connectivity index (χ3n) is 0.490. The molecule has 0 aromatic heterocycles. The standard InChI is InChI=1S/C5H10B2O/c1-4(2)8-5(3,6)7/h4H,1-3H3. The summed E-state index contributed by atoms with van der Waals surface area (Å²) in [7, 11) is 10.6. The molecule has 0 saturated carbocycles. The highest BCUT2D eigenvalue weighted by molar-refractivity contribution is 6.38. The van der Waals surface area contributed by atoms with Gasteiger partial charge in [-0.1, -0.05) is 6.92 Å². The molecular weight excluding hydrogens is 97.7 g/mol. The minimum absolute atomic E-state index is 0.0926. The SMILES string of the molecule is [B]C([B])(C)OC(C)C. The molecule has 0 aliphatic rings. The van der Waals surface area contributed by atoms with Crippen molar-refractivity contribution in [2.75, 3.05) is 0 Å². The summed E-state index contributed by atoms with van der Waals surface area (Å²) in [5, 5.41) is -0.978. The van der Waals surface area contributed by atoms with Gasteiger partial charge < -0.3 is 4.74 Å². The Balaban J connectivity index is 3.39. The van der Waals surface area contributed by atoms with Gasteiger partial charge in [-0.3, -0.25) is 0 Å². The molecule has 0 aromatic carbocycles. The first-order chi connectivity index (χ1) is 3.42. The molecule has 0 rings (SSSR count). The van der Waals surface area contributed by atoms with E-state index >= 15 is 0 Å². The van der Waals surface area contributed by atoms with Crippen LogP contribution >= 0.6 is 0 Å². The van der Waals surface area contributed by atoms with Gasteiger partial charge in [-0.25, -0.2) is 0 Å². The fourth-order valence-electron chi connectivity index (χ4n) is 0.508. The molecule has 1 nitrogen and oxygen atoms in total. The molecule has 3 heteroatoms. The lowest BCUT2D eigenvalue weighted by molar-refractivity contribution is 0.0387. The van der Waals surface area contributed by atoms with E-state index in [1.54, 1.807) is 6.92 Å². The van der Waals surface area contributed by atoms with Gasteiger partial charge in [0.05, 0.1) is 21.8 Å². The van der Waals surface area contributed by atoms with Crippen LogP contribution in [-0.2, 0) is 4.74 Å². The zero-order chi connectivity index (χ0) is 6.78. The Hall–Kier alpha value is 0.0899. The first-order valence-electron chi connectivity index (χ1n) is 2.67. The van der Waals surface area contributed by atoms with Crippen LogP contribution in [0.1, 0.15) is 20.8 Å². The molecule has 8 heavy (non-hydrogen) atoms. The topological polar surface area (TPSA) is 9.23 Å². The third kappa shape index (κ3) is 6.09. The van der Waals surface area contributed by atoms with E-state index in [2.05, 4.69) is 0 Å². The van der Waals surface area contributed by atoms with E-state index in [4.69, 9.17) is 20.4 Å². The number of ether oxygens (including phenoxy) is 1. The largest absolute Gasteiger partial charge is 0.392 e. The second-order valence-corrected chi connectivity index (χ2v) is 2.35. The van der Waals surface area contributed by atoms with Gasteiger partial charge in [-0.05, 0) is 19.2 Å². The molecule has 0 fully saturated rings. The molecule has 0 bridgehead atoms. The molecule has 0 aromatic rings. The first kappa shape index (κ1) is 8.09. The zero-order valence-electron chi connectivity index (χ0n) is 5.64. The average molecular weight is 108 g/mol. The molecule has 0 amide bonds. The van der Waals surface area contributed by atoms with Gasteiger partial charge >= 0.3 is 0 Å². The Labute approximate surface area is 53.6 Å². The van der Waals surface area contributed by atoms with E-state index in [9.17, 15) is 0 Å². The van der Waals surface area contributed by atoms with Crippen LogP contribution in [0.5, 0.6) is 0 Å². The smallest absolute Gasteiger partial charge is 0.0989 e. The van der Waals surface area contributed by atoms with E-state index in [0.29, 0.717) is 0 Å². The zero-order valence-corrected chi connectivity index (χ0v) is 5.64. The highest BCUT2D eigenvalue weighted by Crippen LogP contribution is 2.01. The van der Waals surface area contributed by atoms with Crippen LogP contribution in [-0.4, -0.2) is 27.2 Å². The third-order valence-corrected chi connectivity index (χ3v) is 0.490. The molecule has 0 N–H and O–H groups in total. The summed E-state index contributed by atoms with van der Waals surface area (Å²) >= 11 is 0. The Bertz CT molecular complexity index is 65.3. The summed E-state index contributed by atoms with van der Waals surface area (Å²) in [6, 6.07) is 0. The van der Waals surface area contributed by atoms with Crippen LogP contribution in [0.2, 0.25) is 0 Å². The molecule has 0 saturated heterocycles. The first-order valence-corrected chi connectivity index (χ1v) is 2.67. The predicted octanol–water partition coefficient (Wildman–Crippen LogP) is 0.422. The Morgan fingerprint density at radius 2 is 1.75 bits per heavy atom. The Morgan fingerprint density at radius 3 is 1.75 bits per heavy atom. The van der Waals surface area contributed by atoms with Crippen molar-refractivity contribution in [3.63, 3.8) is 0 Å². The lowest BCUT2D eigenvalue weighted by Crippen LogP contribution is -2.32. The van der Waals surface area contributed by atoms with Crippen LogP contribution in [0.3, 0.4) is 0 Å². The maximum Gasteiger partial charge on any atom is 0.0989 e. The second kappa shape index (κ2) is 2.58. The summed E-state index contributed by atoms with van der Waals surface area (Å²) < 4.78 is 4.99. The van der Waals surface area contributed by atoms with Crippen molar-refractivity contribution < 1.29 is 4.74 Å². The average Bonchev–Trinajstić information content (AvgIpc) is 1.21. The van der Waals surface area contributed by atoms with Gasteiger partial charge in [0.2, 0.25) is 0 Å². The normalized spacial score (nSPS) is 12.5. The Morgan fingerprint density at radius 1 is 1.38 bits per heavy atom. The van der Waals surface area contributed by atoms with E-state index in [1.165, 1.54) is 0 Å². The molecule has 0 aliphatic heterocycles. The van der Waals surface area contributed by atoms with Gasteiger partial charge in [-0.15, -0.1) is 0 Å². The summed E-state index contributed by atoms with van der Waals surface area (Å²) in [5.74, 6) is 0. The summed E-state index contributed by atoms with van der Waals surface area (Å²) in [6.45, 7) is 5.39. The minimum Gasteiger partial charge on any atom is -0.392 e. The van der Waals surface area contributed by atoms with E-state index in [0.717, 1.165) is 0 Å². The summed E-state index contributed by atoms with van der Waals surface area (Å²) in [6.07, 6.45) is 0.0926. The molecule has 42 valence electrons.